The Labute approximate surface area is 123 Å². The van der Waals surface area contributed by atoms with Gasteiger partial charge in [0, 0.05) is 18.7 Å². The van der Waals surface area contributed by atoms with Gasteiger partial charge in [-0.25, -0.2) is 9.37 Å². The van der Waals surface area contributed by atoms with Gasteiger partial charge in [-0.15, -0.1) is 0 Å². The summed E-state index contributed by atoms with van der Waals surface area (Å²) in [5.74, 6) is 0.310. The number of hydrogen-bond acceptors (Lipinski definition) is 3. The Morgan fingerprint density at radius 2 is 2.05 bits per heavy atom. The number of nitrogen functional groups attached to an aromatic ring is 1. The summed E-state index contributed by atoms with van der Waals surface area (Å²) < 4.78 is 15.9. The van der Waals surface area contributed by atoms with E-state index in [9.17, 15) is 4.39 Å². The zero-order chi connectivity index (χ0) is 14.6. The highest BCUT2D eigenvalue weighted by molar-refractivity contribution is 5.79. The zero-order valence-electron chi connectivity index (χ0n) is 12.3. The largest absolute Gasteiger partial charge is 0.369 e. The number of rotatable bonds is 1. The van der Waals surface area contributed by atoms with Crippen molar-refractivity contribution in [3.8, 4) is 0 Å². The summed E-state index contributed by atoms with van der Waals surface area (Å²) in [6, 6.07) is 4.33. The van der Waals surface area contributed by atoms with Crippen molar-refractivity contribution < 1.29 is 4.39 Å². The van der Waals surface area contributed by atoms with Crippen molar-refractivity contribution in [2.24, 2.45) is 0 Å². The molecular formula is C16H21FN4. The summed E-state index contributed by atoms with van der Waals surface area (Å²) in [5.41, 5.74) is 8.47. The molecule has 112 valence electrons. The van der Waals surface area contributed by atoms with Crippen LogP contribution in [0.1, 0.15) is 37.3 Å². The van der Waals surface area contributed by atoms with E-state index in [1.54, 1.807) is 6.92 Å². The number of imidazole rings is 1. The highest BCUT2D eigenvalue weighted by Crippen LogP contribution is 2.38. The van der Waals surface area contributed by atoms with Crippen molar-refractivity contribution >= 4 is 17.0 Å². The number of fused-ring (bicyclic) bond motifs is 2. The Morgan fingerprint density at radius 3 is 2.90 bits per heavy atom. The van der Waals surface area contributed by atoms with Gasteiger partial charge >= 0.3 is 0 Å². The monoisotopic (exact) mass is 288 g/mol. The fourth-order valence-corrected chi connectivity index (χ4v) is 4.11. The van der Waals surface area contributed by atoms with Gasteiger partial charge in [-0.1, -0.05) is 6.42 Å². The molecule has 2 unspecified atom stereocenters. The van der Waals surface area contributed by atoms with E-state index in [1.165, 1.54) is 31.9 Å². The number of hydrogen-bond donors (Lipinski definition) is 1. The maximum Gasteiger partial charge on any atom is 0.201 e. The number of aromatic nitrogens is 2. The van der Waals surface area contributed by atoms with Crippen LogP contribution in [0.5, 0.6) is 0 Å². The summed E-state index contributed by atoms with van der Waals surface area (Å²) >= 11 is 0. The minimum absolute atomic E-state index is 0.210. The number of halogens is 1. The molecule has 0 saturated carbocycles. The van der Waals surface area contributed by atoms with E-state index in [0.29, 0.717) is 29.1 Å². The molecule has 2 saturated heterocycles. The summed E-state index contributed by atoms with van der Waals surface area (Å²) in [7, 11) is 0. The second kappa shape index (κ2) is 4.70. The van der Waals surface area contributed by atoms with Crippen LogP contribution >= 0.6 is 0 Å². The van der Waals surface area contributed by atoms with Crippen LogP contribution in [-0.2, 0) is 0 Å². The first kappa shape index (κ1) is 13.1. The minimum Gasteiger partial charge on any atom is -0.369 e. The number of piperidine rings is 1. The predicted molar refractivity (Wildman–Crippen MR) is 81.7 cm³/mol. The van der Waals surface area contributed by atoms with Crippen molar-refractivity contribution in [2.75, 3.05) is 18.8 Å². The first-order valence-electron chi connectivity index (χ1n) is 7.83. The predicted octanol–water partition coefficient (Wildman–Crippen LogP) is 2.87. The third kappa shape index (κ3) is 1.94. The molecule has 1 aromatic carbocycles. The van der Waals surface area contributed by atoms with Gasteiger partial charge in [0.15, 0.2) is 0 Å². The average molecular weight is 288 g/mol. The lowest BCUT2D eigenvalue weighted by Gasteiger charge is -2.33. The molecule has 2 fully saturated rings. The van der Waals surface area contributed by atoms with Gasteiger partial charge in [-0.2, -0.15) is 0 Å². The summed E-state index contributed by atoms with van der Waals surface area (Å²) in [4.78, 5) is 6.96. The molecule has 0 bridgehead atoms. The second-order valence-electron chi connectivity index (χ2n) is 6.39. The Morgan fingerprint density at radius 1 is 1.19 bits per heavy atom. The molecule has 0 amide bonds. The van der Waals surface area contributed by atoms with Gasteiger partial charge in [-0.05, 0) is 44.4 Å². The van der Waals surface area contributed by atoms with Gasteiger partial charge in [0.25, 0.3) is 0 Å². The maximum atomic E-state index is 13.7. The van der Waals surface area contributed by atoms with Gasteiger partial charge < -0.3 is 10.3 Å². The van der Waals surface area contributed by atoms with Crippen molar-refractivity contribution in [3.05, 3.63) is 23.5 Å². The fourth-order valence-electron chi connectivity index (χ4n) is 4.11. The maximum absolute atomic E-state index is 13.7. The molecule has 2 atom stereocenters. The van der Waals surface area contributed by atoms with Crippen LogP contribution in [0.15, 0.2) is 12.1 Å². The first-order valence-corrected chi connectivity index (χ1v) is 7.83. The average Bonchev–Trinajstić information content (AvgIpc) is 3.00. The minimum atomic E-state index is -0.210. The smallest absolute Gasteiger partial charge is 0.201 e. The molecule has 2 aliphatic heterocycles. The summed E-state index contributed by atoms with van der Waals surface area (Å²) in [6.07, 6.45) is 4.92. The summed E-state index contributed by atoms with van der Waals surface area (Å²) in [5, 5.41) is 0. The molecule has 4 rings (SSSR count). The van der Waals surface area contributed by atoms with Crippen molar-refractivity contribution in [3.63, 3.8) is 0 Å². The lowest BCUT2D eigenvalue weighted by atomic mass is 9.98. The highest BCUT2D eigenvalue weighted by atomic mass is 19.1. The van der Waals surface area contributed by atoms with Gasteiger partial charge in [-0.3, -0.25) is 4.90 Å². The molecule has 3 heterocycles. The molecule has 4 nitrogen and oxygen atoms in total. The van der Waals surface area contributed by atoms with Crippen molar-refractivity contribution in [2.45, 2.75) is 44.7 Å². The molecule has 2 aromatic rings. The van der Waals surface area contributed by atoms with E-state index in [-0.39, 0.29) is 5.82 Å². The standard InChI is InChI=1S/C16H21FN4/c1-10-8-15-12(9-11(10)17)19-16(18)21(15)14-5-7-20-6-3-2-4-13(14)20/h8-9,13-14H,2-7H2,1H3,(H2,18,19). The molecule has 0 spiro atoms. The lowest BCUT2D eigenvalue weighted by Crippen LogP contribution is -2.37. The lowest BCUT2D eigenvalue weighted by molar-refractivity contribution is 0.175. The van der Waals surface area contributed by atoms with E-state index in [0.717, 1.165) is 18.5 Å². The number of anilines is 1. The molecule has 2 N–H and O–H groups in total. The first-order chi connectivity index (χ1) is 10.1. The molecule has 1 aromatic heterocycles. The van der Waals surface area contributed by atoms with E-state index in [4.69, 9.17) is 5.73 Å². The van der Waals surface area contributed by atoms with Crippen molar-refractivity contribution in [1.82, 2.24) is 14.5 Å². The summed E-state index contributed by atoms with van der Waals surface area (Å²) in [6.45, 7) is 4.12. The normalized spacial score (nSPS) is 26.4. The van der Waals surface area contributed by atoms with Crippen LogP contribution in [0.3, 0.4) is 0 Å². The third-order valence-electron chi connectivity index (χ3n) is 5.15. The molecule has 5 heteroatoms. The van der Waals surface area contributed by atoms with E-state index in [2.05, 4.69) is 14.5 Å². The van der Waals surface area contributed by atoms with Crippen LogP contribution in [0, 0.1) is 12.7 Å². The zero-order valence-corrected chi connectivity index (χ0v) is 12.3. The topological polar surface area (TPSA) is 47.1 Å². The van der Waals surface area contributed by atoms with Crippen LogP contribution in [0.4, 0.5) is 10.3 Å². The number of aryl methyl sites for hydroxylation is 1. The Kier molecular flexibility index (Phi) is 2.92. The third-order valence-corrected chi connectivity index (χ3v) is 5.15. The Balaban J connectivity index is 1.82. The Hall–Kier alpha value is -1.62. The molecular weight excluding hydrogens is 267 g/mol. The van der Waals surface area contributed by atoms with Gasteiger partial charge in [0.1, 0.15) is 5.82 Å². The van der Waals surface area contributed by atoms with Crippen LogP contribution < -0.4 is 5.73 Å². The molecule has 0 aliphatic carbocycles. The van der Waals surface area contributed by atoms with Crippen LogP contribution in [0.25, 0.3) is 11.0 Å². The SMILES string of the molecule is Cc1cc2c(cc1F)nc(N)n2C1CCN2CCCCC12. The van der Waals surface area contributed by atoms with Crippen LogP contribution in [-0.4, -0.2) is 33.6 Å². The van der Waals surface area contributed by atoms with E-state index >= 15 is 0 Å². The highest BCUT2D eigenvalue weighted by Gasteiger charge is 2.37. The molecule has 2 aliphatic rings. The van der Waals surface area contributed by atoms with Crippen molar-refractivity contribution in [1.29, 1.82) is 0 Å². The van der Waals surface area contributed by atoms with Crippen LogP contribution in [0.2, 0.25) is 0 Å². The number of nitrogens with zero attached hydrogens (tertiary/aromatic N) is 3. The van der Waals surface area contributed by atoms with Gasteiger partial charge in [0.2, 0.25) is 5.95 Å². The van der Waals surface area contributed by atoms with E-state index < -0.39 is 0 Å². The molecule has 21 heavy (non-hydrogen) atoms. The molecule has 0 radical (unpaired) electrons. The quantitative estimate of drug-likeness (QED) is 0.877. The number of benzene rings is 1. The fraction of sp³-hybridized carbons (Fsp3) is 0.562. The number of nitrogens with two attached hydrogens (primary N) is 1. The van der Waals surface area contributed by atoms with Gasteiger partial charge in [0.05, 0.1) is 17.1 Å². The van der Waals surface area contributed by atoms with E-state index in [1.807, 2.05) is 6.07 Å². The Bertz CT molecular complexity index is 693. The second-order valence-corrected chi connectivity index (χ2v) is 6.39.